The summed E-state index contributed by atoms with van der Waals surface area (Å²) in [5.74, 6) is -1.36. The van der Waals surface area contributed by atoms with Gasteiger partial charge in [0.15, 0.2) is 5.79 Å². The quantitative estimate of drug-likeness (QED) is 0.570. The first kappa shape index (κ1) is 10.9. The molecule has 0 saturated carbocycles. The highest BCUT2D eigenvalue weighted by Gasteiger charge is 2.19. The Hall–Kier alpha value is -1.19. The maximum Gasteiger partial charge on any atom is 0.169 e. The number of hydrogen-bond acceptors (Lipinski definition) is 3. The maximum absolute atomic E-state index is 10.2. The zero-order chi connectivity index (χ0) is 10.4. The van der Waals surface area contributed by atoms with Crippen molar-refractivity contribution in [2.24, 2.45) is 0 Å². The van der Waals surface area contributed by atoms with Crippen molar-refractivity contribution in [1.82, 2.24) is 0 Å². The van der Waals surface area contributed by atoms with E-state index in [1.165, 1.54) is 6.92 Å². The second-order valence-electron chi connectivity index (χ2n) is 3.32. The van der Waals surface area contributed by atoms with Gasteiger partial charge in [0.1, 0.15) is 6.29 Å². The molecule has 1 atom stereocenters. The normalized spacial score (nSPS) is 14.7. The fourth-order valence-electron chi connectivity index (χ4n) is 1.03. The van der Waals surface area contributed by atoms with E-state index in [0.29, 0.717) is 12.9 Å². The number of aldehydes is 1. The second kappa shape index (κ2) is 4.88. The van der Waals surface area contributed by atoms with Crippen molar-refractivity contribution in [3.05, 3.63) is 35.9 Å². The average Bonchev–Trinajstić information content (AvgIpc) is 2.17. The van der Waals surface area contributed by atoms with Gasteiger partial charge < -0.3 is 14.6 Å². The van der Waals surface area contributed by atoms with Crippen molar-refractivity contribution in [3.63, 3.8) is 0 Å². The van der Waals surface area contributed by atoms with E-state index in [9.17, 15) is 9.90 Å². The maximum atomic E-state index is 10.2. The van der Waals surface area contributed by atoms with Crippen molar-refractivity contribution >= 4 is 6.29 Å². The van der Waals surface area contributed by atoms with Crippen LogP contribution in [0.3, 0.4) is 0 Å². The molecule has 1 aromatic rings. The average molecular weight is 194 g/mol. The predicted molar refractivity (Wildman–Crippen MR) is 52.5 cm³/mol. The van der Waals surface area contributed by atoms with Crippen molar-refractivity contribution in [2.75, 3.05) is 0 Å². The first-order valence-corrected chi connectivity index (χ1v) is 4.48. The lowest BCUT2D eigenvalue weighted by Crippen LogP contribution is -2.28. The van der Waals surface area contributed by atoms with Crippen LogP contribution in [0.2, 0.25) is 0 Å². The molecule has 0 bridgehead atoms. The summed E-state index contributed by atoms with van der Waals surface area (Å²) in [4.78, 5) is 10.2. The summed E-state index contributed by atoms with van der Waals surface area (Å²) >= 11 is 0. The first-order valence-electron chi connectivity index (χ1n) is 4.48. The standard InChI is InChI=1S/C11H14O3/c1-11(13,7-8-12)14-9-10-5-3-2-4-6-10/h2-6,8,13H,7,9H2,1H3/t11-/m1/s1. The highest BCUT2D eigenvalue weighted by Crippen LogP contribution is 2.12. The van der Waals surface area contributed by atoms with Gasteiger partial charge in [-0.2, -0.15) is 0 Å². The molecule has 76 valence electrons. The molecule has 0 aliphatic carbocycles. The van der Waals surface area contributed by atoms with Crippen molar-refractivity contribution in [2.45, 2.75) is 25.7 Å². The largest absolute Gasteiger partial charge is 0.365 e. The number of benzene rings is 1. The zero-order valence-corrected chi connectivity index (χ0v) is 8.14. The van der Waals surface area contributed by atoms with Gasteiger partial charge in [-0.05, 0) is 12.5 Å². The molecule has 0 fully saturated rings. The molecule has 0 spiro atoms. The molecule has 3 nitrogen and oxygen atoms in total. The van der Waals surface area contributed by atoms with Crippen LogP contribution in [0.5, 0.6) is 0 Å². The number of hydrogen-bond donors (Lipinski definition) is 1. The lowest BCUT2D eigenvalue weighted by atomic mass is 10.2. The van der Waals surface area contributed by atoms with Crippen LogP contribution in [-0.4, -0.2) is 17.2 Å². The molecule has 0 amide bonds. The number of rotatable bonds is 5. The van der Waals surface area contributed by atoms with Crippen LogP contribution in [0, 0.1) is 0 Å². The summed E-state index contributed by atoms with van der Waals surface area (Å²) < 4.78 is 5.18. The summed E-state index contributed by atoms with van der Waals surface area (Å²) in [6, 6.07) is 9.50. The molecule has 0 unspecified atom stereocenters. The molecule has 0 saturated heterocycles. The van der Waals surface area contributed by atoms with E-state index in [0.717, 1.165) is 5.56 Å². The molecule has 14 heavy (non-hydrogen) atoms. The topological polar surface area (TPSA) is 46.5 Å². The van der Waals surface area contributed by atoms with Gasteiger partial charge in [0.2, 0.25) is 0 Å². The molecule has 1 N–H and O–H groups in total. The van der Waals surface area contributed by atoms with Gasteiger partial charge in [-0.1, -0.05) is 30.3 Å². The number of ether oxygens (including phenoxy) is 1. The fraction of sp³-hybridized carbons (Fsp3) is 0.364. The highest BCUT2D eigenvalue weighted by atomic mass is 16.6. The monoisotopic (exact) mass is 194 g/mol. The molecule has 0 aromatic heterocycles. The van der Waals surface area contributed by atoms with E-state index in [1.54, 1.807) is 0 Å². The van der Waals surface area contributed by atoms with Crippen LogP contribution in [0.15, 0.2) is 30.3 Å². The molecule has 1 rings (SSSR count). The van der Waals surface area contributed by atoms with Crippen LogP contribution in [-0.2, 0) is 16.1 Å². The molecule has 0 radical (unpaired) electrons. The number of carbonyl (C=O) groups excluding carboxylic acids is 1. The Bertz CT molecular complexity index is 280. The third-order valence-corrected chi connectivity index (χ3v) is 1.85. The lowest BCUT2D eigenvalue weighted by Gasteiger charge is -2.21. The molecule has 1 aromatic carbocycles. The Morgan fingerprint density at radius 1 is 1.43 bits per heavy atom. The Labute approximate surface area is 83.3 Å². The third-order valence-electron chi connectivity index (χ3n) is 1.85. The fourth-order valence-corrected chi connectivity index (χ4v) is 1.03. The summed E-state index contributed by atoms with van der Waals surface area (Å²) in [5, 5.41) is 9.52. The first-order chi connectivity index (χ1) is 6.64. The van der Waals surface area contributed by atoms with Crippen LogP contribution in [0.1, 0.15) is 18.9 Å². The van der Waals surface area contributed by atoms with E-state index < -0.39 is 5.79 Å². The van der Waals surface area contributed by atoms with Crippen LogP contribution >= 0.6 is 0 Å². The smallest absolute Gasteiger partial charge is 0.169 e. The van der Waals surface area contributed by atoms with Gasteiger partial charge in [0.05, 0.1) is 13.0 Å². The van der Waals surface area contributed by atoms with Crippen molar-refractivity contribution in [3.8, 4) is 0 Å². The third kappa shape index (κ3) is 3.68. The minimum Gasteiger partial charge on any atom is -0.365 e. The van der Waals surface area contributed by atoms with E-state index in [-0.39, 0.29) is 6.42 Å². The summed E-state index contributed by atoms with van der Waals surface area (Å²) in [6.45, 7) is 1.78. The molecule has 3 heteroatoms. The summed E-state index contributed by atoms with van der Waals surface area (Å²) in [6.07, 6.45) is 0.630. The van der Waals surface area contributed by atoms with Gasteiger partial charge in [-0.15, -0.1) is 0 Å². The van der Waals surface area contributed by atoms with E-state index >= 15 is 0 Å². The minimum atomic E-state index is -1.36. The van der Waals surface area contributed by atoms with Gasteiger partial charge in [0.25, 0.3) is 0 Å². The Morgan fingerprint density at radius 2 is 2.07 bits per heavy atom. The highest BCUT2D eigenvalue weighted by molar-refractivity contribution is 5.50. The Morgan fingerprint density at radius 3 is 2.64 bits per heavy atom. The van der Waals surface area contributed by atoms with E-state index in [1.807, 2.05) is 30.3 Å². The van der Waals surface area contributed by atoms with Crippen molar-refractivity contribution < 1.29 is 14.6 Å². The van der Waals surface area contributed by atoms with Gasteiger partial charge in [-0.3, -0.25) is 0 Å². The van der Waals surface area contributed by atoms with E-state index in [2.05, 4.69) is 0 Å². The Kier molecular flexibility index (Phi) is 3.80. The van der Waals surface area contributed by atoms with Gasteiger partial charge in [0, 0.05) is 0 Å². The van der Waals surface area contributed by atoms with Crippen LogP contribution in [0.25, 0.3) is 0 Å². The number of aliphatic hydroxyl groups is 1. The predicted octanol–water partition coefficient (Wildman–Crippen LogP) is 1.50. The van der Waals surface area contributed by atoms with Crippen LogP contribution < -0.4 is 0 Å². The molecule has 0 aliphatic heterocycles. The van der Waals surface area contributed by atoms with Gasteiger partial charge in [-0.25, -0.2) is 0 Å². The van der Waals surface area contributed by atoms with Crippen LogP contribution in [0.4, 0.5) is 0 Å². The molecule has 0 heterocycles. The summed E-state index contributed by atoms with van der Waals surface area (Å²) in [5.41, 5.74) is 0.971. The van der Waals surface area contributed by atoms with Gasteiger partial charge >= 0.3 is 0 Å². The Balaban J connectivity index is 2.44. The second-order valence-corrected chi connectivity index (χ2v) is 3.32. The minimum absolute atomic E-state index is 0.0141. The SMILES string of the molecule is C[C@](O)(CC=O)OCc1ccccc1. The zero-order valence-electron chi connectivity index (χ0n) is 8.14. The number of carbonyl (C=O) groups is 1. The van der Waals surface area contributed by atoms with E-state index in [4.69, 9.17) is 4.74 Å². The molecule has 0 aliphatic rings. The van der Waals surface area contributed by atoms with Crippen molar-refractivity contribution in [1.29, 1.82) is 0 Å². The summed E-state index contributed by atoms with van der Waals surface area (Å²) in [7, 11) is 0. The molecular weight excluding hydrogens is 180 g/mol. The lowest BCUT2D eigenvalue weighted by molar-refractivity contribution is -0.198. The molecular formula is C11H14O3.